The molecule has 2 atom stereocenters. The largest absolute Gasteiger partial charge is 0.396 e. The van der Waals surface area contributed by atoms with Crippen LogP contribution in [0.5, 0.6) is 0 Å². The first-order chi connectivity index (χ1) is 6.29. The first-order valence-electron chi connectivity index (χ1n) is 5.08. The summed E-state index contributed by atoms with van der Waals surface area (Å²) >= 11 is 0. The Labute approximate surface area is 79.6 Å². The molecular weight excluding hydrogens is 164 g/mol. The molecule has 1 fully saturated rings. The molecular formula is C11H18O2. The number of carbonyl (C=O) groups excluding carboxylic acids is 1. The fourth-order valence-corrected chi connectivity index (χ4v) is 1.93. The van der Waals surface area contributed by atoms with Crippen molar-refractivity contribution in [3.05, 3.63) is 12.2 Å². The lowest BCUT2D eigenvalue weighted by Crippen LogP contribution is -2.16. The van der Waals surface area contributed by atoms with E-state index in [1.54, 1.807) is 0 Å². The van der Waals surface area contributed by atoms with Gasteiger partial charge in [0, 0.05) is 18.9 Å². The summed E-state index contributed by atoms with van der Waals surface area (Å²) in [5, 5.41) is 9.03. The van der Waals surface area contributed by atoms with E-state index in [4.69, 9.17) is 5.11 Å². The third kappa shape index (κ3) is 2.66. The lowest BCUT2D eigenvalue weighted by Gasteiger charge is -2.13. The Morgan fingerprint density at radius 3 is 2.92 bits per heavy atom. The van der Waals surface area contributed by atoms with Crippen molar-refractivity contribution in [1.29, 1.82) is 0 Å². The summed E-state index contributed by atoms with van der Waals surface area (Å²) in [6, 6.07) is 0. The van der Waals surface area contributed by atoms with Crippen molar-refractivity contribution >= 4 is 5.78 Å². The van der Waals surface area contributed by atoms with Gasteiger partial charge in [0.2, 0.25) is 0 Å². The second-order valence-corrected chi connectivity index (χ2v) is 3.67. The number of hydrogen-bond acceptors (Lipinski definition) is 2. The minimum absolute atomic E-state index is 0.0906. The van der Waals surface area contributed by atoms with Gasteiger partial charge in [-0.25, -0.2) is 0 Å². The maximum absolute atomic E-state index is 11.4. The van der Waals surface area contributed by atoms with E-state index in [1.165, 1.54) is 0 Å². The van der Waals surface area contributed by atoms with Crippen LogP contribution in [0.2, 0.25) is 0 Å². The minimum atomic E-state index is 0.0906. The maximum atomic E-state index is 11.4. The zero-order valence-electron chi connectivity index (χ0n) is 8.20. The molecule has 1 aliphatic rings. The van der Waals surface area contributed by atoms with Gasteiger partial charge in [-0.05, 0) is 25.2 Å². The Balaban J connectivity index is 2.44. The van der Waals surface area contributed by atoms with E-state index >= 15 is 0 Å². The highest BCUT2D eigenvalue weighted by Crippen LogP contribution is 2.31. The van der Waals surface area contributed by atoms with Gasteiger partial charge >= 0.3 is 0 Å². The van der Waals surface area contributed by atoms with Gasteiger partial charge in [0.15, 0.2) is 0 Å². The normalized spacial score (nSPS) is 28.9. The third-order valence-electron chi connectivity index (χ3n) is 2.77. The molecule has 2 heteroatoms. The van der Waals surface area contributed by atoms with E-state index in [0.717, 1.165) is 19.3 Å². The fourth-order valence-electron chi connectivity index (χ4n) is 1.93. The van der Waals surface area contributed by atoms with E-state index in [2.05, 4.69) is 19.1 Å². The van der Waals surface area contributed by atoms with Crippen molar-refractivity contribution in [3.63, 3.8) is 0 Å². The van der Waals surface area contributed by atoms with Crippen molar-refractivity contribution in [2.24, 2.45) is 11.8 Å². The highest BCUT2D eigenvalue weighted by Gasteiger charge is 2.32. The Morgan fingerprint density at radius 2 is 2.31 bits per heavy atom. The van der Waals surface area contributed by atoms with E-state index < -0.39 is 0 Å². The van der Waals surface area contributed by atoms with Crippen molar-refractivity contribution in [2.75, 3.05) is 6.61 Å². The van der Waals surface area contributed by atoms with Crippen molar-refractivity contribution < 1.29 is 9.90 Å². The topological polar surface area (TPSA) is 37.3 Å². The van der Waals surface area contributed by atoms with Crippen molar-refractivity contribution in [3.8, 4) is 0 Å². The van der Waals surface area contributed by atoms with Gasteiger partial charge in [0.25, 0.3) is 0 Å². The molecule has 0 saturated heterocycles. The lowest BCUT2D eigenvalue weighted by atomic mass is 9.93. The SMILES string of the molecule is CC/C=C\CC1C(=O)CCC1CO. The van der Waals surface area contributed by atoms with Crippen LogP contribution >= 0.6 is 0 Å². The van der Waals surface area contributed by atoms with Gasteiger partial charge in [-0.3, -0.25) is 4.79 Å². The van der Waals surface area contributed by atoms with Crippen LogP contribution in [-0.2, 0) is 4.79 Å². The first-order valence-corrected chi connectivity index (χ1v) is 5.08. The van der Waals surface area contributed by atoms with Crippen molar-refractivity contribution in [1.82, 2.24) is 0 Å². The average Bonchev–Trinajstić information content (AvgIpc) is 2.48. The number of hydrogen-bond donors (Lipinski definition) is 1. The molecule has 2 nitrogen and oxygen atoms in total. The van der Waals surface area contributed by atoms with Gasteiger partial charge in [-0.1, -0.05) is 19.1 Å². The highest BCUT2D eigenvalue weighted by atomic mass is 16.3. The molecule has 0 amide bonds. The number of aliphatic hydroxyl groups excluding tert-OH is 1. The average molecular weight is 182 g/mol. The zero-order chi connectivity index (χ0) is 9.68. The summed E-state index contributed by atoms with van der Waals surface area (Å²) in [7, 11) is 0. The molecule has 0 spiro atoms. The fraction of sp³-hybridized carbons (Fsp3) is 0.727. The molecule has 0 aromatic carbocycles. The number of carbonyl (C=O) groups is 1. The summed E-state index contributed by atoms with van der Waals surface area (Å²) in [6.07, 6.45) is 7.52. The summed E-state index contributed by atoms with van der Waals surface area (Å²) in [6.45, 7) is 2.24. The Hall–Kier alpha value is -0.630. The number of allylic oxidation sites excluding steroid dienone is 2. The summed E-state index contributed by atoms with van der Waals surface area (Å²) in [4.78, 5) is 11.4. The predicted octanol–water partition coefficient (Wildman–Crippen LogP) is 1.93. The maximum Gasteiger partial charge on any atom is 0.136 e. The van der Waals surface area contributed by atoms with Gasteiger partial charge in [-0.2, -0.15) is 0 Å². The monoisotopic (exact) mass is 182 g/mol. The molecule has 2 unspecified atom stereocenters. The van der Waals surface area contributed by atoms with E-state index in [1.807, 2.05) is 0 Å². The third-order valence-corrected chi connectivity index (χ3v) is 2.77. The van der Waals surface area contributed by atoms with Gasteiger partial charge in [0.05, 0.1) is 0 Å². The van der Waals surface area contributed by atoms with Crippen LogP contribution < -0.4 is 0 Å². The van der Waals surface area contributed by atoms with Gasteiger partial charge in [-0.15, -0.1) is 0 Å². The van der Waals surface area contributed by atoms with Crippen LogP contribution in [0.4, 0.5) is 0 Å². The van der Waals surface area contributed by atoms with E-state index in [9.17, 15) is 4.79 Å². The Bertz CT molecular complexity index is 196. The molecule has 1 aliphatic carbocycles. The van der Waals surface area contributed by atoms with Crippen LogP contribution in [0.25, 0.3) is 0 Å². The number of aliphatic hydroxyl groups is 1. The number of Topliss-reactive ketones (excluding diaryl/α,β-unsaturated/α-hetero) is 1. The Kier molecular flexibility index (Phi) is 4.16. The molecule has 0 aromatic heterocycles. The van der Waals surface area contributed by atoms with E-state index in [-0.39, 0.29) is 18.4 Å². The minimum Gasteiger partial charge on any atom is -0.396 e. The second kappa shape index (κ2) is 5.18. The second-order valence-electron chi connectivity index (χ2n) is 3.67. The first kappa shape index (κ1) is 10.5. The summed E-state index contributed by atoms with van der Waals surface area (Å²) in [5.41, 5.74) is 0. The molecule has 13 heavy (non-hydrogen) atoms. The van der Waals surface area contributed by atoms with Crippen LogP contribution in [0.15, 0.2) is 12.2 Å². The highest BCUT2D eigenvalue weighted by molar-refractivity contribution is 5.83. The molecule has 0 bridgehead atoms. The molecule has 1 N–H and O–H groups in total. The number of rotatable bonds is 4. The lowest BCUT2D eigenvalue weighted by molar-refractivity contribution is -0.121. The Morgan fingerprint density at radius 1 is 1.54 bits per heavy atom. The molecule has 0 radical (unpaired) electrons. The van der Waals surface area contributed by atoms with Crippen molar-refractivity contribution in [2.45, 2.75) is 32.6 Å². The van der Waals surface area contributed by atoms with Gasteiger partial charge < -0.3 is 5.11 Å². The quantitative estimate of drug-likeness (QED) is 0.674. The standard InChI is InChI=1S/C11H18O2/c1-2-3-4-5-10-9(8-12)6-7-11(10)13/h3-4,9-10,12H,2,5-8H2,1H3/b4-3-. The van der Waals surface area contributed by atoms with Gasteiger partial charge in [0.1, 0.15) is 5.78 Å². The molecule has 74 valence electrons. The van der Waals surface area contributed by atoms with E-state index in [0.29, 0.717) is 12.2 Å². The predicted molar refractivity (Wildman–Crippen MR) is 52.4 cm³/mol. The molecule has 0 heterocycles. The molecule has 0 aromatic rings. The molecule has 1 rings (SSSR count). The summed E-state index contributed by atoms with van der Waals surface area (Å²) < 4.78 is 0. The molecule has 0 aliphatic heterocycles. The zero-order valence-corrected chi connectivity index (χ0v) is 8.20. The molecule has 1 saturated carbocycles. The number of ketones is 1. The van der Waals surface area contributed by atoms with Crippen LogP contribution in [0.1, 0.15) is 32.6 Å². The van der Waals surface area contributed by atoms with Crippen LogP contribution in [0.3, 0.4) is 0 Å². The van der Waals surface area contributed by atoms with Crippen LogP contribution in [0, 0.1) is 11.8 Å². The van der Waals surface area contributed by atoms with Crippen LogP contribution in [-0.4, -0.2) is 17.5 Å². The summed E-state index contributed by atoms with van der Waals surface area (Å²) in [5.74, 6) is 0.640. The smallest absolute Gasteiger partial charge is 0.136 e.